The van der Waals surface area contributed by atoms with Crippen LogP contribution in [0.4, 0.5) is 11.4 Å². The van der Waals surface area contributed by atoms with Crippen LogP contribution < -0.4 is 20.7 Å². The Kier molecular flexibility index (Phi) is 5.96. The van der Waals surface area contributed by atoms with Crippen LogP contribution in [0.5, 0.6) is 5.75 Å². The first-order chi connectivity index (χ1) is 12.2. The lowest BCUT2D eigenvalue weighted by Crippen LogP contribution is -2.44. The fraction of sp³-hybridized carbons (Fsp3) is 0.600. The summed E-state index contributed by atoms with van der Waals surface area (Å²) in [5.74, 6) is 0.599. The minimum absolute atomic E-state index is 0.0314. The highest BCUT2D eigenvalue weighted by Crippen LogP contribution is 2.37. The summed E-state index contributed by atoms with van der Waals surface area (Å²) in [6, 6.07) is 5.41. The van der Waals surface area contributed by atoms with Crippen molar-refractivity contribution in [2.24, 2.45) is 16.6 Å². The van der Waals surface area contributed by atoms with E-state index in [0.717, 1.165) is 0 Å². The maximum atomic E-state index is 12.8. The van der Waals surface area contributed by atoms with Gasteiger partial charge in [-0.15, -0.1) is 0 Å². The molecule has 6 nitrogen and oxygen atoms in total. The SMILES string of the molecule is CCC(CC)(CN)C(=O)Nc1ccc2c(c1)N(C(=O)C(C)(C)C)CCO2. The highest BCUT2D eigenvalue weighted by molar-refractivity contribution is 6.00. The molecule has 0 radical (unpaired) electrons. The molecule has 0 unspecified atom stereocenters. The minimum Gasteiger partial charge on any atom is -0.490 e. The predicted molar refractivity (Wildman–Crippen MR) is 104 cm³/mol. The maximum absolute atomic E-state index is 12.8. The summed E-state index contributed by atoms with van der Waals surface area (Å²) in [5, 5.41) is 2.97. The molecule has 144 valence electrons. The fourth-order valence-corrected chi connectivity index (χ4v) is 3.13. The first-order valence-electron chi connectivity index (χ1n) is 9.29. The molecule has 0 aromatic heterocycles. The van der Waals surface area contributed by atoms with Crippen molar-refractivity contribution in [3.05, 3.63) is 18.2 Å². The van der Waals surface area contributed by atoms with Crippen molar-refractivity contribution >= 4 is 23.2 Å². The van der Waals surface area contributed by atoms with Crippen molar-refractivity contribution in [2.45, 2.75) is 47.5 Å². The number of hydrogen-bond acceptors (Lipinski definition) is 4. The number of carbonyl (C=O) groups is 2. The molecule has 1 aromatic carbocycles. The van der Waals surface area contributed by atoms with Crippen LogP contribution in [-0.2, 0) is 9.59 Å². The zero-order chi connectivity index (χ0) is 19.5. The lowest BCUT2D eigenvalue weighted by molar-refractivity contribution is -0.126. The van der Waals surface area contributed by atoms with Gasteiger partial charge < -0.3 is 20.7 Å². The molecule has 26 heavy (non-hydrogen) atoms. The second-order valence-corrected chi connectivity index (χ2v) is 7.88. The van der Waals surface area contributed by atoms with Gasteiger partial charge in [0.2, 0.25) is 11.8 Å². The molecule has 2 rings (SSSR count). The molecule has 3 N–H and O–H groups in total. The standard InChI is InChI=1S/C20H31N3O3/c1-6-20(7-2,13-21)17(24)22-14-8-9-16-15(12-14)23(10-11-26-16)18(25)19(3,4)5/h8-9,12H,6-7,10-11,13,21H2,1-5H3,(H,22,24). The minimum atomic E-state index is -0.576. The molecular formula is C20H31N3O3. The predicted octanol–water partition coefficient (Wildman–Crippen LogP) is 3.16. The molecule has 0 saturated heterocycles. The van der Waals surface area contributed by atoms with Gasteiger partial charge >= 0.3 is 0 Å². The lowest BCUT2D eigenvalue weighted by atomic mass is 9.81. The van der Waals surface area contributed by atoms with E-state index in [2.05, 4.69) is 5.32 Å². The van der Waals surface area contributed by atoms with Gasteiger partial charge in [-0.3, -0.25) is 9.59 Å². The summed E-state index contributed by atoms with van der Waals surface area (Å²) in [6.45, 7) is 10.9. The zero-order valence-corrected chi connectivity index (χ0v) is 16.5. The Morgan fingerprint density at radius 2 is 1.88 bits per heavy atom. The van der Waals surface area contributed by atoms with Crippen LogP contribution >= 0.6 is 0 Å². The molecule has 0 fully saturated rings. The van der Waals surface area contributed by atoms with Gasteiger partial charge in [-0.1, -0.05) is 34.6 Å². The van der Waals surface area contributed by atoms with E-state index < -0.39 is 10.8 Å². The number of nitrogens with one attached hydrogen (secondary N) is 1. The van der Waals surface area contributed by atoms with Crippen LogP contribution in [0.25, 0.3) is 0 Å². The summed E-state index contributed by atoms with van der Waals surface area (Å²) in [6.07, 6.45) is 1.35. The van der Waals surface area contributed by atoms with Crippen molar-refractivity contribution < 1.29 is 14.3 Å². The molecule has 0 aliphatic carbocycles. The van der Waals surface area contributed by atoms with Crippen molar-refractivity contribution in [3.8, 4) is 5.75 Å². The molecular weight excluding hydrogens is 330 g/mol. The highest BCUT2D eigenvalue weighted by atomic mass is 16.5. The third kappa shape index (κ3) is 3.85. The molecule has 6 heteroatoms. The van der Waals surface area contributed by atoms with E-state index in [1.54, 1.807) is 17.0 Å². The third-order valence-corrected chi connectivity index (χ3v) is 5.19. The number of rotatable bonds is 5. The Hall–Kier alpha value is -2.08. The van der Waals surface area contributed by atoms with Gasteiger partial charge in [-0.05, 0) is 31.0 Å². The number of ether oxygens (including phenoxy) is 1. The number of carbonyl (C=O) groups excluding carboxylic acids is 2. The summed E-state index contributed by atoms with van der Waals surface area (Å²) < 4.78 is 5.68. The smallest absolute Gasteiger partial charge is 0.232 e. The second-order valence-electron chi connectivity index (χ2n) is 7.88. The molecule has 2 amide bonds. The van der Waals surface area contributed by atoms with Crippen molar-refractivity contribution in [3.63, 3.8) is 0 Å². The molecule has 1 aliphatic rings. The number of amides is 2. The van der Waals surface area contributed by atoms with Crippen LogP contribution in [0.3, 0.4) is 0 Å². The monoisotopic (exact) mass is 361 g/mol. The van der Waals surface area contributed by atoms with Crippen molar-refractivity contribution in [2.75, 3.05) is 29.9 Å². The van der Waals surface area contributed by atoms with E-state index in [0.29, 0.717) is 49.7 Å². The van der Waals surface area contributed by atoms with Gasteiger partial charge in [0.15, 0.2) is 0 Å². The summed E-state index contributed by atoms with van der Waals surface area (Å²) in [7, 11) is 0. The van der Waals surface area contributed by atoms with Gasteiger partial charge in [-0.25, -0.2) is 0 Å². The Balaban J connectivity index is 2.32. The zero-order valence-electron chi connectivity index (χ0n) is 16.5. The Morgan fingerprint density at radius 3 is 2.42 bits per heavy atom. The molecule has 0 spiro atoms. The first kappa shape index (κ1) is 20.2. The average molecular weight is 361 g/mol. The van der Waals surface area contributed by atoms with Crippen LogP contribution in [0.15, 0.2) is 18.2 Å². The van der Waals surface area contributed by atoms with Gasteiger partial charge in [0.05, 0.1) is 17.6 Å². The first-order valence-corrected chi connectivity index (χ1v) is 9.29. The van der Waals surface area contributed by atoms with Crippen molar-refractivity contribution in [1.82, 2.24) is 0 Å². The Morgan fingerprint density at radius 1 is 1.23 bits per heavy atom. The quantitative estimate of drug-likeness (QED) is 0.844. The number of nitrogens with two attached hydrogens (primary N) is 1. The van der Waals surface area contributed by atoms with Gasteiger partial charge in [0, 0.05) is 17.6 Å². The van der Waals surface area contributed by atoms with Gasteiger partial charge in [0.25, 0.3) is 0 Å². The Bertz CT molecular complexity index is 667. The third-order valence-electron chi connectivity index (χ3n) is 5.19. The Labute approximate surface area is 156 Å². The highest BCUT2D eigenvalue weighted by Gasteiger charge is 2.34. The van der Waals surface area contributed by atoms with Crippen LogP contribution in [0.1, 0.15) is 47.5 Å². The second kappa shape index (κ2) is 7.66. The summed E-state index contributed by atoms with van der Waals surface area (Å²) >= 11 is 0. The molecule has 1 heterocycles. The topological polar surface area (TPSA) is 84.7 Å². The van der Waals surface area contributed by atoms with E-state index in [4.69, 9.17) is 10.5 Å². The number of fused-ring (bicyclic) bond motifs is 1. The number of hydrogen-bond donors (Lipinski definition) is 2. The summed E-state index contributed by atoms with van der Waals surface area (Å²) in [4.78, 5) is 27.3. The van der Waals surface area contributed by atoms with Crippen LogP contribution in [0.2, 0.25) is 0 Å². The largest absolute Gasteiger partial charge is 0.490 e. The average Bonchev–Trinajstić information content (AvgIpc) is 2.61. The van der Waals surface area contributed by atoms with E-state index in [-0.39, 0.29) is 11.8 Å². The lowest BCUT2D eigenvalue weighted by Gasteiger charge is -2.34. The van der Waals surface area contributed by atoms with Crippen LogP contribution in [-0.4, -0.2) is 31.5 Å². The van der Waals surface area contributed by atoms with E-state index in [1.165, 1.54) is 0 Å². The number of benzene rings is 1. The molecule has 1 aromatic rings. The molecule has 0 atom stereocenters. The molecule has 0 saturated carbocycles. The number of anilines is 2. The van der Waals surface area contributed by atoms with E-state index >= 15 is 0 Å². The fourth-order valence-electron chi connectivity index (χ4n) is 3.13. The summed E-state index contributed by atoms with van der Waals surface area (Å²) in [5.41, 5.74) is 6.14. The van der Waals surface area contributed by atoms with E-state index in [1.807, 2.05) is 40.7 Å². The van der Waals surface area contributed by atoms with Gasteiger partial charge in [-0.2, -0.15) is 0 Å². The van der Waals surface area contributed by atoms with Gasteiger partial charge in [0.1, 0.15) is 12.4 Å². The van der Waals surface area contributed by atoms with Crippen LogP contribution in [0, 0.1) is 10.8 Å². The van der Waals surface area contributed by atoms with E-state index in [9.17, 15) is 9.59 Å². The molecule has 0 bridgehead atoms. The number of nitrogens with zero attached hydrogens (tertiary/aromatic N) is 1. The maximum Gasteiger partial charge on any atom is 0.232 e. The molecule has 1 aliphatic heterocycles. The normalized spacial score (nSPS) is 14.5. The van der Waals surface area contributed by atoms with Crippen molar-refractivity contribution in [1.29, 1.82) is 0 Å².